The topological polar surface area (TPSA) is 54.6 Å². The third-order valence-electron chi connectivity index (χ3n) is 2.97. The number of aryl methyl sites for hydroxylation is 2. The Kier molecular flexibility index (Phi) is 2.71. The van der Waals surface area contributed by atoms with Gasteiger partial charge in [0.1, 0.15) is 0 Å². The fourth-order valence-corrected chi connectivity index (χ4v) is 2.18. The average molecular weight is 230 g/mol. The molecule has 4 nitrogen and oxygen atoms in total. The molecular formula is C13H14N2O2. The van der Waals surface area contributed by atoms with Crippen molar-refractivity contribution in [3.8, 4) is 5.88 Å². The first-order valence-corrected chi connectivity index (χ1v) is 5.37. The lowest BCUT2D eigenvalue weighted by molar-refractivity contribution is 0.431. The van der Waals surface area contributed by atoms with Gasteiger partial charge in [0.2, 0.25) is 5.88 Å². The van der Waals surface area contributed by atoms with Gasteiger partial charge in [0.15, 0.2) is 5.69 Å². The van der Waals surface area contributed by atoms with Crippen LogP contribution < -0.4 is 0 Å². The Balaban J connectivity index is 2.99. The molecule has 4 heteroatoms. The SMILES string of the molecule is C=CCn1c(O)c(N=O)c2c(C)ccc(C)c21. The third kappa shape index (κ3) is 1.53. The molecule has 88 valence electrons. The van der Waals surface area contributed by atoms with E-state index in [2.05, 4.69) is 11.8 Å². The van der Waals surface area contributed by atoms with E-state index < -0.39 is 0 Å². The van der Waals surface area contributed by atoms with Crippen LogP contribution in [0.2, 0.25) is 0 Å². The van der Waals surface area contributed by atoms with Gasteiger partial charge in [-0.3, -0.25) is 0 Å². The molecule has 1 aromatic heterocycles. The van der Waals surface area contributed by atoms with Crippen LogP contribution in [0.25, 0.3) is 10.9 Å². The third-order valence-corrected chi connectivity index (χ3v) is 2.97. The van der Waals surface area contributed by atoms with E-state index in [-0.39, 0.29) is 11.6 Å². The summed E-state index contributed by atoms with van der Waals surface area (Å²) in [5, 5.41) is 13.7. The van der Waals surface area contributed by atoms with E-state index in [9.17, 15) is 10.0 Å². The van der Waals surface area contributed by atoms with Gasteiger partial charge < -0.3 is 9.67 Å². The number of hydrogen-bond acceptors (Lipinski definition) is 3. The Hall–Kier alpha value is -2.10. The van der Waals surface area contributed by atoms with Crippen LogP contribution in [0.4, 0.5) is 5.69 Å². The molecule has 0 radical (unpaired) electrons. The fraction of sp³-hybridized carbons (Fsp3) is 0.231. The van der Waals surface area contributed by atoms with Crippen molar-refractivity contribution in [2.45, 2.75) is 20.4 Å². The second-order valence-electron chi connectivity index (χ2n) is 4.09. The van der Waals surface area contributed by atoms with E-state index in [0.717, 1.165) is 22.0 Å². The first-order valence-electron chi connectivity index (χ1n) is 5.37. The number of hydrogen-bond donors (Lipinski definition) is 1. The van der Waals surface area contributed by atoms with Crippen molar-refractivity contribution < 1.29 is 5.11 Å². The number of aromatic nitrogens is 1. The maximum atomic E-state index is 10.9. The predicted octanol–water partition coefficient (Wildman–Crippen LogP) is 3.55. The summed E-state index contributed by atoms with van der Waals surface area (Å²) in [6, 6.07) is 3.88. The number of aromatic hydroxyl groups is 1. The average Bonchev–Trinajstić information content (AvgIpc) is 2.59. The van der Waals surface area contributed by atoms with Gasteiger partial charge in [-0.25, -0.2) is 0 Å². The first kappa shape index (κ1) is 11.4. The molecule has 0 unspecified atom stereocenters. The maximum Gasteiger partial charge on any atom is 0.222 e. The molecule has 0 saturated carbocycles. The first-order chi connectivity index (χ1) is 8.11. The second-order valence-corrected chi connectivity index (χ2v) is 4.09. The van der Waals surface area contributed by atoms with Gasteiger partial charge in [0, 0.05) is 11.9 Å². The number of fused-ring (bicyclic) bond motifs is 1. The van der Waals surface area contributed by atoms with E-state index in [4.69, 9.17) is 0 Å². The Morgan fingerprint density at radius 3 is 2.65 bits per heavy atom. The van der Waals surface area contributed by atoms with Gasteiger partial charge in [-0.1, -0.05) is 18.2 Å². The van der Waals surface area contributed by atoms with Crippen LogP contribution in [0.5, 0.6) is 5.88 Å². The van der Waals surface area contributed by atoms with E-state index in [1.807, 2.05) is 26.0 Å². The van der Waals surface area contributed by atoms with Crippen LogP contribution in [-0.4, -0.2) is 9.67 Å². The van der Waals surface area contributed by atoms with Crippen molar-refractivity contribution in [3.05, 3.63) is 40.8 Å². The van der Waals surface area contributed by atoms with Crippen molar-refractivity contribution in [2.24, 2.45) is 5.18 Å². The summed E-state index contributed by atoms with van der Waals surface area (Å²) in [6.07, 6.45) is 1.68. The minimum Gasteiger partial charge on any atom is -0.493 e. The summed E-state index contributed by atoms with van der Waals surface area (Å²) in [5.74, 6) is -0.0905. The van der Waals surface area contributed by atoms with Crippen LogP contribution in [0.15, 0.2) is 30.0 Å². The van der Waals surface area contributed by atoms with Crippen molar-refractivity contribution in [1.82, 2.24) is 4.57 Å². The Morgan fingerprint density at radius 1 is 1.41 bits per heavy atom. The van der Waals surface area contributed by atoms with Crippen molar-refractivity contribution >= 4 is 16.6 Å². The van der Waals surface area contributed by atoms with Gasteiger partial charge >= 0.3 is 0 Å². The largest absolute Gasteiger partial charge is 0.493 e. The summed E-state index contributed by atoms with van der Waals surface area (Å²) in [6.45, 7) is 7.93. The monoisotopic (exact) mass is 230 g/mol. The second kappa shape index (κ2) is 4.05. The Morgan fingerprint density at radius 2 is 2.06 bits per heavy atom. The predicted molar refractivity (Wildman–Crippen MR) is 68.7 cm³/mol. The lowest BCUT2D eigenvalue weighted by Crippen LogP contribution is -1.95. The van der Waals surface area contributed by atoms with E-state index in [0.29, 0.717) is 6.54 Å². The molecule has 2 aromatic rings. The van der Waals surface area contributed by atoms with Crippen LogP contribution in [0.1, 0.15) is 11.1 Å². The van der Waals surface area contributed by atoms with Crippen LogP contribution in [0, 0.1) is 18.8 Å². The Bertz CT molecular complexity index is 612. The van der Waals surface area contributed by atoms with Gasteiger partial charge in [-0.15, -0.1) is 11.5 Å². The highest BCUT2D eigenvalue weighted by molar-refractivity contribution is 5.99. The number of benzene rings is 1. The lowest BCUT2D eigenvalue weighted by Gasteiger charge is -2.06. The van der Waals surface area contributed by atoms with Gasteiger partial charge in [-0.2, -0.15) is 0 Å². The van der Waals surface area contributed by atoms with Crippen LogP contribution in [0.3, 0.4) is 0 Å². The molecule has 1 aromatic carbocycles. The summed E-state index contributed by atoms with van der Waals surface area (Å²) in [7, 11) is 0. The van der Waals surface area contributed by atoms with Gasteiger partial charge in [0.25, 0.3) is 0 Å². The molecule has 0 bridgehead atoms. The standard InChI is InChI=1S/C13H14N2O2/c1-4-7-15-12-9(3)6-5-8(2)10(12)11(14-17)13(15)16/h4-6,16H,1,7H2,2-3H3. The highest BCUT2D eigenvalue weighted by Crippen LogP contribution is 2.41. The zero-order chi connectivity index (χ0) is 12.6. The minimum absolute atomic E-state index is 0.0905. The zero-order valence-electron chi connectivity index (χ0n) is 9.90. The summed E-state index contributed by atoms with van der Waals surface area (Å²) < 4.78 is 1.65. The summed E-state index contributed by atoms with van der Waals surface area (Å²) in [4.78, 5) is 10.9. The molecular weight excluding hydrogens is 216 g/mol. The number of nitroso groups, excluding NO2 is 1. The lowest BCUT2D eigenvalue weighted by atomic mass is 10.1. The highest BCUT2D eigenvalue weighted by atomic mass is 16.3. The van der Waals surface area contributed by atoms with Crippen molar-refractivity contribution in [1.29, 1.82) is 0 Å². The van der Waals surface area contributed by atoms with Crippen LogP contribution in [-0.2, 0) is 6.54 Å². The summed E-state index contributed by atoms with van der Waals surface area (Å²) in [5.41, 5.74) is 2.89. The molecule has 0 aliphatic rings. The van der Waals surface area contributed by atoms with E-state index in [1.165, 1.54) is 0 Å². The molecule has 0 fully saturated rings. The molecule has 17 heavy (non-hydrogen) atoms. The van der Waals surface area contributed by atoms with E-state index in [1.54, 1.807) is 10.6 Å². The molecule has 1 N–H and O–H groups in total. The molecule has 0 spiro atoms. The summed E-state index contributed by atoms with van der Waals surface area (Å²) >= 11 is 0. The number of allylic oxidation sites excluding steroid dienone is 1. The normalized spacial score (nSPS) is 10.7. The molecule has 0 aliphatic heterocycles. The maximum absolute atomic E-state index is 10.9. The van der Waals surface area contributed by atoms with Gasteiger partial charge in [-0.05, 0) is 30.2 Å². The van der Waals surface area contributed by atoms with Crippen LogP contribution >= 0.6 is 0 Å². The number of nitrogens with zero attached hydrogens (tertiary/aromatic N) is 2. The molecule has 0 aliphatic carbocycles. The van der Waals surface area contributed by atoms with Crippen molar-refractivity contribution in [3.63, 3.8) is 0 Å². The zero-order valence-corrected chi connectivity index (χ0v) is 9.90. The highest BCUT2D eigenvalue weighted by Gasteiger charge is 2.19. The number of rotatable bonds is 3. The van der Waals surface area contributed by atoms with E-state index >= 15 is 0 Å². The smallest absolute Gasteiger partial charge is 0.222 e. The molecule has 1 heterocycles. The molecule has 0 saturated heterocycles. The van der Waals surface area contributed by atoms with Crippen molar-refractivity contribution in [2.75, 3.05) is 0 Å². The molecule has 0 atom stereocenters. The Labute approximate surface area is 99.2 Å². The minimum atomic E-state index is -0.0905. The quantitative estimate of drug-likeness (QED) is 0.647. The molecule has 2 rings (SSSR count). The fourth-order valence-electron chi connectivity index (χ4n) is 2.18. The molecule has 0 amide bonds. The van der Waals surface area contributed by atoms with Gasteiger partial charge in [0.05, 0.1) is 5.52 Å².